The lowest BCUT2D eigenvalue weighted by molar-refractivity contribution is -0.132. The highest BCUT2D eigenvalue weighted by Gasteiger charge is 2.21. The maximum atomic E-state index is 12.5. The SMILES string of the molecule is CCCN(CCC)C(=O)[C@@H](N)Cc1c[nH]c2ccccc12.Cl. The first-order chi connectivity index (χ1) is 10.2. The van der Waals surface area contributed by atoms with Crippen LogP contribution in [0, 0.1) is 0 Å². The van der Waals surface area contributed by atoms with Crippen molar-refractivity contribution in [3.05, 3.63) is 36.0 Å². The summed E-state index contributed by atoms with van der Waals surface area (Å²) in [6, 6.07) is 7.63. The van der Waals surface area contributed by atoms with Gasteiger partial charge in [-0.3, -0.25) is 4.79 Å². The number of nitrogens with two attached hydrogens (primary N) is 1. The number of hydrogen-bond donors (Lipinski definition) is 2. The summed E-state index contributed by atoms with van der Waals surface area (Å²) in [6.45, 7) is 5.74. The van der Waals surface area contributed by atoms with Gasteiger partial charge < -0.3 is 15.6 Å². The predicted octanol–water partition coefficient (Wildman–Crippen LogP) is 3.11. The molecule has 22 heavy (non-hydrogen) atoms. The third-order valence-corrected chi connectivity index (χ3v) is 3.73. The van der Waals surface area contributed by atoms with E-state index < -0.39 is 6.04 Å². The van der Waals surface area contributed by atoms with Gasteiger partial charge in [0, 0.05) is 30.2 Å². The Morgan fingerprint density at radius 2 is 1.86 bits per heavy atom. The Labute approximate surface area is 138 Å². The number of aromatic amines is 1. The zero-order valence-electron chi connectivity index (χ0n) is 13.3. The van der Waals surface area contributed by atoms with Gasteiger partial charge in [0.1, 0.15) is 0 Å². The van der Waals surface area contributed by atoms with E-state index in [1.54, 1.807) is 0 Å². The van der Waals surface area contributed by atoms with E-state index in [0.717, 1.165) is 42.4 Å². The molecule has 2 aromatic rings. The first-order valence-corrected chi connectivity index (χ1v) is 7.76. The predicted molar refractivity (Wildman–Crippen MR) is 94.4 cm³/mol. The van der Waals surface area contributed by atoms with Crippen LogP contribution < -0.4 is 5.73 Å². The van der Waals surface area contributed by atoms with Crippen LogP contribution in [0.5, 0.6) is 0 Å². The number of amides is 1. The van der Waals surface area contributed by atoms with Gasteiger partial charge >= 0.3 is 0 Å². The number of nitrogens with zero attached hydrogens (tertiary/aromatic N) is 1. The third kappa shape index (κ3) is 4.24. The lowest BCUT2D eigenvalue weighted by atomic mass is 10.0. The molecule has 0 aliphatic carbocycles. The van der Waals surface area contributed by atoms with Crippen molar-refractivity contribution in [1.29, 1.82) is 0 Å². The Morgan fingerprint density at radius 1 is 1.23 bits per heavy atom. The number of fused-ring (bicyclic) bond motifs is 1. The number of para-hydroxylation sites is 1. The molecule has 1 atom stereocenters. The number of carbonyl (C=O) groups excluding carboxylic acids is 1. The van der Waals surface area contributed by atoms with E-state index in [-0.39, 0.29) is 18.3 Å². The number of carbonyl (C=O) groups is 1. The molecule has 0 aliphatic heterocycles. The molecule has 0 fully saturated rings. The van der Waals surface area contributed by atoms with Gasteiger partial charge in [0.2, 0.25) is 5.91 Å². The highest BCUT2D eigenvalue weighted by Crippen LogP contribution is 2.19. The van der Waals surface area contributed by atoms with Crippen molar-refractivity contribution in [3.8, 4) is 0 Å². The van der Waals surface area contributed by atoms with E-state index in [1.165, 1.54) is 0 Å². The highest BCUT2D eigenvalue weighted by molar-refractivity contribution is 5.86. The molecule has 122 valence electrons. The maximum Gasteiger partial charge on any atom is 0.239 e. The number of H-pyrrole nitrogens is 1. The smallest absolute Gasteiger partial charge is 0.239 e. The molecule has 4 nitrogen and oxygen atoms in total. The number of hydrogen-bond acceptors (Lipinski definition) is 2. The molecule has 1 aromatic carbocycles. The van der Waals surface area contributed by atoms with Gasteiger partial charge in [0.05, 0.1) is 6.04 Å². The van der Waals surface area contributed by atoms with Crippen LogP contribution in [0.1, 0.15) is 32.3 Å². The molecule has 1 aromatic heterocycles. The zero-order valence-corrected chi connectivity index (χ0v) is 14.2. The van der Waals surface area contributed by atoms with Gasteiger partial charge in [-0.1, -0.05) is 32.0 Å². The average molecular weight is 324 g/mol. The highest BCUT2D eigenvalue weighted by atomic mass is 35.5. The first kappa shape index (κ1) is 18.5. The largest absolute Gasteiger partial charge is 0.361 e. The number of benzene rings is 1. The molecule has 0 spiro atoms. The molecule has 0 radical (unpaired) electrons. The molecule has 0 aliphatic rings. The number of nitrogens with one attached hydrogen (secondary N) is 1. The molecule has 1 amide bonds. The van der Waals surface area contributed by atoms with Crippen molar-refractivity contribution < 1.29 is 4.79 Å². The van der Waals surface area contributed by atoms with E-state index in [9.17, 15) is 4.79 Å². The van der Waals surface area contributed by atoms with Crippen LogP contribution in [0.25, 0.3) is 10.9 Å². The van der Waals surface area contributed by atoms with E-state index in [4.69, 9.17) is 5.73 Å². The van der Waals surface area contributed by atoms with Crippen molar-refractivity contribution in [1.82, 2.24) is 9.88 Å². The Balaban J connectivity index is 0.00000242. The van der Waals surface area contributed by atoms with Crippen LogP contribution in [0.15, 0.2) is 30.5 Å². The topological polar surface area (TPSA) is 62.1 Å². The number of rotatable bonds is 7. The molecular weight excluding hydrogens is 298 g/mol. The van der Waals surface area contributed by atoms with E-state index in [0.29, 0.717) is 6.42 Å². The summed E-state index contributed by atoms with van der Waals surface area (Å²) >= 11 is 0. The minimum atomic E-state index is -0.470. The molecule has 0 unspecified atom stereocenters. The Hall–Kier alpha value is -1.52. The van der Waals surface area contributed by atoms with Gasteiger partial charge in [-0.05, 0) is 30.9 Å². The van der Waals surface area contributed by atoms with Crippen molar-refractivity contribution in [2.24, 2.45) is 5.73 Å². The Morgan fingerprint density at radius 3 is 2.50 bits per heavy atom. The van der Waals surface area contributed by atoms with Gasteiger partial charge in [-0.2, -0.15) is 0 Å². The number of aromatic nitrogens is 1. The monoisotopic (exact) mass is 323 g/mol. The summed E-state index contributed by atoms with van der Waals surface area (Å²) in [5.41, 5.74) is 8.36. The Bertz CT molecular complexity index is 590. The fourth-order valence-corrected chi connectivity index (χ4v) is 2.73. The molecule has 1 heterocycles. The lowest BCUT2D eigenvalue weighted by Crippen LogP contribution is -2.45. The summed E-state index contributed by atoms with van der Waals surface area (Å²) in [6.07, 6.45) is 4.46. The van der Waals surface area contributed by atoms with Crippen LogP contribution >= 0.6 is 12.4 Å². The summed E-state index contributed by atoms with van der Waals surface area (Å²) in [5, 5.41) is 1.15. The second-order valence-electron chi connectivity index (χ2n) is 5.50. The molecular formula is C17H26ClN3O. The fraction of sp³-hybridized carbons (Fsp3) is 0.471. The van der Waals surface area contributed by atoms with Gasteiger partial charge in [-0.15, -0.1) is 12.4 Å². The van der Waals surface area contributed by atoms with Crippen LogP contribution in [-0.2, 0) is 11.2 Å². The van der Waals surface area contributed by atoms with Crippen molar-refractivity contribution in [3.63, 3.8) is 0 Å². The normalized spacial score (nSPS) is 12.0. The van der Waals surface area contributed by atoms with E-state index in [1.807, 2.05) is 29.3 Å². The molecule has 0 saturated carbocycles. The average Bonchev–Trinajstić information content (AvgIpc) is 2.89. The van der Waals surface area contributed by atoms with Crippen LogP contribution in [0.4, 0.5) is 0 Å². The third-order valence-electron chi connectivity index (χ3n) is 3.73. The van der Waals surface area contributed by atoms with E-state index >= 15 is 0 Å². The van der Waals surface area contributed by atoms with Crippen molar-refractivity contribution in [2.45, 2.75) is 39.2 Å². The zero-order chi connectivity index (χ0) is 15.2. The van der Waals surface area contributed by atoms with Crippen molar-refractivity contribution >= 4 is 29.2 Å². The summed E-state index contributed by atoms with van der Waals surface area (Å²) < 4.78 is 0. The summed E-state index contributed by atoms with van der Waals surface area (Å²) in [4.78, 5) is 17.6. The van der Waals surface area contributed by atoms with Crippen LogP contribution in [0.2, 0.25) is 0 Å². The van der Waals surface area contributed by atoms with E-state index in [2.05, 4.69) is 24.9 Å². The van der Waals surface area contributed by atoms with Crippen LogP contribution in [-0.4, -0.2) is 34.9 Å². The second-order valence-corrected chi connectivity index (χ2v) is 5.50. The van der Waals surface area contributed by atoms with Gasteiger partial charge in [-0.25, -0.2) is 0 Å². The first-order valence-electron chi connectivity index (χ1n) is 7.76. The summed E-state index contributed by atoms with van der Waals surface area (Å²) in [7, 11) is 0. The maximum absolute atomic E-state index is 12.5. The minimum absolute atomic E-state index is 0. The number of halogens is 1. The second kappa shape index (κ2) is 8.81. The molecule has 5 heteroatoms. The lowest BCUT2D eigenvalue weighted by Gasteiger charge is -2.24. The Kier molecular flexibility index (Phi) is 7.42. The summed E-state index contributed by atoms with van der Waals surface area (Å²) in [5.74, 6) is 0.0592. The van der Waals surface area contributed by atoms with Gasteiger partial charge in [0.25, 0.3) is 0 Å². The quantitative estimate of drug-likeness (QED) is 0.822. The van der Waals surface area contributed by atoms with Crippen LogP contribution in [0.3, 0.4) is 0 Å². The van der Waals surface area contributed by atoms with Crippen molar-refractivity contribution in [2.75, 3.05) is 13.1 Å². The minimum Gasteiger partial charge on any atom is -0.361 e. The molecule has 0 bridgehead atoms. The van der Waals surface area contributed by atoms with Gasteiger partial charge in [0.15, 0.2) is 0 Å². The molecule has 3 N–H and O–H groups in total. The standard InChI is InChI=1S/C17H25N3O.ClH/c1-3-9-20(10-4-2)17(21)15(18)11-13-12-19-16-8-6-5-7-14(13)16;/h5-8,12,15,19H,3-4,9-11,18H2,1-2H3;1H/t15-;/m0./s1. The molecule has 2 rings (SSSR count). The molecule has 0 saturated heterocycles. The fourth-order valence-electron chi connectivity index (χ4n) is 2.73.